The Labute approximate surface area is 204 Å². The molecule has 0 saturated heterocycles. The number of hydrogen-bond acceptors (Lipinski definition) is 3. The lowest BCUT2D eigenvalue weighted by molar-refractivity contribution is 0.267. The van der Waals surface area contributed by atoms with E-state index in [1.165, 1.54) is 0 Å². The van der Waals surface area contributed by atoms with E-state index in [2.05, 4.69) is 18.0 Å². The van der Waals surface area contributed by atoms with Crippen molar-refractivity contribution in [2.45, 2.75) is 33.4 Å². The van der Waals surface area contributed by atoms with E-state index in [1.54, 1.807) is 12.1 Å². The van der Waals surface area contributed by atoms with Crippen LogP contribution in [-0.2, 0) is 19.6 Å². The van der Waals surface area contributed by atoms with E-state index in [1.807, 2.05) is 50.3 Å². The second-order valence-electron chi connectivity index (χ2n) is 7.35. The third-order valence-electron chi connectivity index (χ3n) is 4.93. The molecule has 3 nitrogen and oxygen atoms in total. The zero-order valence-corrected chi connectivity index (χ0v) is 20.4. The van der Waals surface area contributed by atoms with Crippen LogP contribution in [0.1, 0.15) is 29.2 Å². The minimum Gasteiger partial charge on any atom is -0.490 e. The van der Waals surface area contributed by atoms with Gasteiger partial charge in [-0.2, -0.15) is 0 Å². The summed E-state index contributed by atoms with van der Waals surface area (Å²) in [6.45, 7) is 9.34. The second-order valence-corrected chi connectivity index (χ2v) is 8.63. The standard InChI is InChI=1S/C26H26Cl3NO2/c1-4-6-19-11-18(15-30-24-14-22(28)9-7-17(24)3)12-25(31-5-2)26(19)32-16-20-8-10-21(27)13-23(20)29/h4,7-14,30H,1,5-6,15-16H2,2-3H3. The number of aryl methyl sites for hydroxylation is 1. The Kier molecular flexibility index (Phi) is 8.75. The van der Waals surface area contributed by atoms with E-state index in [-0.39, 0.29) is 0 Å². The van der Waals surface area contributed by atoms with Crippen molar-refractivity contribution in [2.75, 3.05) is 11.9 Å². The van der Waals surface area contributed by atoms with Crippen LogP contribution in [0.2, 0.25) is 15.1 Å². The number of halogens is 3. The molecular formula is C26H26Cl3NO2. The van der Waals surface area contributed by atoms with Crippen LogP contribution in [0.15, 0.2) is 61.2 Å². The summed E-state index contributed by atoms with van der Waals surface area (Å²) in [5, 5.41) is 5.32. The van der Waals surface area contributed by atoms with Crippen molar-refractivity contribution in [2.24, 2.45) is 0 Å². The molecule has 3 aromatic rings. The van der Waals surface area contributed by atoms with Gasteiger partial charge in [0.25, 0.3) is 0 Å². The predicted molar refractivity (Wildman–Crippen MR) is 136 cm³/mol. The minimum absolute atomic E-state index is 0.305. The first-order valence-corrected chi connectivity index (χ1v) is 11.5. The smallest absolute Gasteiger partial charge is 0.165 e. The third-order valence-corrected chi connectivity index (χ3v) is 5.75. The van der Waals surface area contributed by atoms with Gasteiger partial charge in [0.2, 0.25) is 0 Å². The summed E-state index contributed by atoms with van der Waals surface area (Å²) in [6, 6.07) is 15.3. The summed E-state index contributed by atoms with van der Waals surface area (Å²) in [5.74, 6) is 1.39. The molecule has 168 valence electrons. The van der Waals surface area contributed by atoms with E-state index in [0.717, 1.165) is 27.9 Å². The molecule has 0 aromatic heterocycles. The molecule has 6 heteroatoms. The van der Waals surface area contributed by atoms with Crippen LogP contribution in [0.25, 0.3) is 0 Å². The first kappa shape index (κ1) is 24.3. The Morgan fingerprint density at radius 3 is 2.41 bits per heavy atom. The average Bonchev–Trinajstić information content (AvgIpc) is 2.75. The Morgan fingerprint density at radius 1 is 0.938 bits per heavy atom. The maximum Gasteiger partial charge on any atom is 0.165 e. The molecule has 0 amide bonds. The van der Waals surface area contributed by atoms with Gasteiger partial charge in [-0.25, -0.2) is 0 Å². The number of nitrogens with one attached hydrogen (secondary N) is 1. The molecule has 1 N–H and O–H groups in total. The van der Waals surface area contributed by atoms with Gasteiger partial charge in [-0.05, 0) is 67.8 Å². The molecule has 0 aliphatic heterocycles. The van der Waals surface area contributed by atoms with E-state index in [9.17, 15) is 0 Å². The lowest BCUT2D eigenvalue weighted by Crippen LogP contribution is -2.06. The van der Waals surface area contributed by atoms with Crippen molar-refractivity contribution in [3.05, 3.63) is 98.5 Å². The van der Waals surface area contributed by atoms with Gasteiger partial charge in [-0.1, -0.05) is 53.0 Å². The molecule has 0 bridgehead atoms. The molecule has 3 aromatic carbocycles. The number of benzene rings is 3. The summed E-state index contributed by atoms with van der Waals surface area (Å²) in [5.41, 5.74) is 5.05. The molecule has 0 aliphatic rings. The summed E-state index contributed by atoms with van der Waals surface area (Å²) in [7, 11) is 0. The first-order chi connectivity index (χ1) is 15.4. The van der Waals surface area contributed by atoms with E-state index in [4.69, 9.17) is 44.3 Å². The number of anilines is 1. The molecule has 0 unspecified atom stereocenters. The van der Waals surface area contributed by atoms with Crippen LogP contribution in [0, 0.1) is 6.92 Å². The second kappa shape index (κ2) is 11.5. The van der Waals surface area contributed by atoms with Crippen molar-refractivity contribution < 1.29 is 9.47 Å². The van der Waals surface area contributed by atoms with E-state index >= 15 is 0 Å². The van der Waals surface area contributed by atoms with Gasteiger partial charge in [0.05, 0.1) is 6.61 Å². The van der Waals surface area contributed by atoms with Gasteiger partial charge in [-0.3, -0.25) is 0 Å². The molecule has 0 fully saturated rings. The molecule has 0 atom stereocenters. The molecule has 0 radical (unpaired) electrons. The number of hydrogen-bond donors (Lipinski definition) is 1. The summed E-state index contributed by atoms with van der Waals surface area (Å²) in [4.78, 5) is 0. The lowest BCUT2D eigenvalue weighted by Gasteiger charge is -2.19. The van der Waals surface area contributed by atoms with Gasteiger partial charge in [-0.15, -0.1) is 6.58 Å². The zero-order valence-electron chi connectivity index (χ0n) is 18.2. The maximum absolute atomic E-state index is 6.32. The Bertz CT molecular complexity index is 1100. The zero-order chi connectivity index (χ0) is 23.1. The molecule has 0 aliphatic carbocycles. The Morgan fingerprint density at radius 2 is 1.69 bits per heavy atom. The van der Waals surface area contributed by atoms with Crippen molar-refractivity contribution in [1.82, 2.24) is 0 Å². The summed E-state index contributed by atoms with van der Waals surface area (Å²) < 4.78 is 12.1. The monoisotopic (exact) mass is 489 g/mol. The van der Waals surface area contributed by atoms with Gasteiger partial charge in [0, 0.05) is 38.4 Å². The molecule has 0 heterocycles. The van der Waals surface area contributed by atoms with E-state index < -0.39 is 0 Å². The van der Waals surface area contributed by atoms with Crippen LogP contribution in [-0.4, -0.2) is 6.61 Å². The van der Waals surface area contributed by atoms with Crippen LogP contribution < -0.4 is 14.8 Å². The lowest BCUT2D eigenvalue weighted by atomic mass is 10.0. The molecule has 0 spiro atoms. The first-order valence-electron chi connectivity index (χ1n) is 10.4. The predicted octanol–water partition coefficient (Wildman–Crippen LogP) is 8.27. The van der Waals surface area contributed by atoms with Gasteiger partial charge in [0.1, 0.15) is 6.61 Å². The van der Waals surface area contributed by atoms with Crippen molar-refractivity contribution >= 4 is 40.5 Å². The van der Waals surface area contributed by atoms with E-state index in [0.29, 0.717) is 52.7 Å². The molecule has 0 saturated carbocycles. The fraction of sp³-hybridized carbons (Fsp3) is 0.231. The third kappa shape index (κ3) is 6.35. The van der Waals surface area contributed by atoms with Crippen LogP contribution in [0.3, 0.4) is 0 Å². The number of rotatable bonds is 10. The average molecular weight is 491 g/mol. The van der Waals surface area contributed by atoms with Crippen LogP contribution >= 0.6 is 34.8 Å². The Hall–Kier alpha value is -2.33. The normalized spacial score (nSPS) is 10.7. The van der Waals surface area contributed by atoms with Gasteiger partial charge >= 0.3 is 0 Å². The summed E-state index contributed by atoms with van der Waals surface area (Å²) in [6.07, 6.45) is 2.50. The summed E-state index contributed by atoms with van der Waals surface area (Å²) >= 11 is 18.5. The molecule has 32 heavy (non-hydrogen) atoms. The highest BCUT2D eigenvalue weighted by atomic mass is 35.5. The van der Waals surface area contributed by atoms with Gasteiger partial charge in [0.15, 0.2) is 11.5 Å². The topological polar surface area (TPSA) is 30.5 Å². The molecular weight excluding hydrogens is 465 g/mol. The van der Waals surface area contributed by atoms with Crippen molar-refractivity contribution in [3.8, 4) is 11.5 Å². The fourth-order valence-corrected chi connectivity index (χ4v) is 3.96. The maximum atomic E-state index is 6.32. The molecule has 3 rings (SSSR count). The fourth-order valence-electron chi connectivity index (χ4n) is 3.33. The Balaban J connectivity index is 1.87. The quantitative estimate of drug-likeness (QED) is 0.290. The van der Waals surface area contributed by atoms with Crippen LogP contribution in [0.5, 0.6) is 11.5 Å². The van der Waals surface area contributed by atoms with Gasteiger partial charge < -0.3 is 14.8 Å². The SMILES string of the molecule is C=CCc1cc(CNc2cc(Cl)ccc2C)cc(OCC)c1OCc1ccc(Cl)cc1Cl. The highest BCUT2D eigenvalue weighted by Gasteiger charge is 2.15. The highest BCUT2D eigenvalue weighted by Crippen LogP contribution is 2.36. The van der Waals surface area contributed by atoms with Crippen LogP contribution in [0.4, 0.5) is 5.69 Å². The van der Waals surface area contributed by atoms with Crippen molar-refractivity contribution in [1.29, 1.82) is 0 Å². The number of ether oxygens (including phenoxy) is 2. The number of allylic oxidation sites excluding steroid dienone is 1. The van der Waals surface area contributed by atoms with Crippen molar-refractivity contribution in [3.63, 3.8) is 0 Å². The highest BCUT2D eigenvalue weighted by molar-refractivity contribution is 6.35. The minimum atomic E-state index is 0.305. The largest absolute Gasteiger partial charge is 0.490 e.